The lowest BCUT2D eigenvalue weighted by Crippen LogP contribution is -2.47. The Hall–Kier alpha value is -1.99. The van der Waals surface area contributed by atoms with Gasteiger partial charge in [0.25, 0.3) is 0 Å². The summed E-state index contributed by atoms with van der Waals surface area (Å²) < 4.78 is 16.3. The van der Waals surface area contributed by atoms with E-state index in [9.17, 15) is 19.5 Å². The highest BCUT2D eigenvalue weighted by molar-refractivity contribution is 5.92. The molecule has 0 bridgehead atoms. The summed E-state index contributed by atoms with van der Waals surface area (Å²) in [5, 5.41) is 11.1. The Morgan fingerprint density at radius 2 is 1.96 bits per heavy atom. The number of rotatable bonds is 2. The Morgan fingerprint density at radius 1 is 1.33 bits per heavy atom. The van der Waals surface area contributed by atoms with Crippen molar-refractivity contribution in [1.29, 1.82) is 0 Å². The van der Waals surface area contributed by atoms with Crippen LogP contribution in [0.1, 0.15) is 40.5 Å². The number of ether oxygens (including phenoxy) is 3. The summed E-state index contributed by atoms with van der Waals surface area (Å²) in [5.41, 5.74) is -0.129. The summed E-state index contributed by atoms with van der Waals surface area (Å²) in [6, 6.07) is 0. The molecule has 2 saturated heterocycles. The molecule has 7 heteroatoms. The van der Waals surface area contributed by atoms with Crippen LogP contribution in [0, 0.1) is 11.8 Å². The second-order valence-corrected chi connectivity index (χ2v) is 8.06. The van der Waals surface area contributed by atoms with Gasteiger partial charge in [-0.1, -0.05) is 19.1 Å². The van der Waals surface area contributed by atoms with Crippen LogP contribution in [0.25, 0.3) is 0 Å². The van der Waals surface area contributed by atoms with Gasteiger partial charge < -0.3 is 19.3 Å². The second-order valence-electron chi connectivity index (χ2n) is 8.06. The number of esters is 2. The van der Waals surface area contributed by atoms with Crippen LogP contribution in [0.3, 0.4) is 0 Å². The van der Waals surface area contributed by atoms with Gasteiger partial charge in [-0.15, -0.1) is 0 Å². The van der Waals surface area contributed by atoms with Crippen molar-refractivity contribution in [2.24, 2.45) is 11.8 Å². The molecule has 0 spiro atoms. The third-order valence-electron chi connectivity index (χ3n) is 5.83. The Balaban J connectivity index is 1.92. The molecule has 0 radical (unpaired) electrons. The fraction of sp³-hybridized carbons (Fsp3) is 0.650. The van der Waals surface area contributed by atoms with E-state index >= 15 is 0 Å². The summed E-state index contributed by atoms with van der Waals surface area (Å²) in [6.07, 6.45) is -1.19. The molecule has 2 aliphatic heterocycles. The lowest BCUT2D eigenvalue weighted by molar-refractivity contribution is -0.169. The lowest BCUT2D eigenvalue weighted by Gasteiger charge is -2.34. The van der Waals surface area contributed by atoms with Crippen molar-refractivity contribution in [1.82, 2.24) is 0 Å². The Kier molecular flexibility index (Phi) is 5.03. The Labute approximate surface area is 158 Å². The maximum atomic E-state index is 12.5. The summed E-state index contributed by atoms with van der Waals surface area (Å²) >= 11 is 0. The molecule has 0 amide bonds. The number of epoxide rings is 1. The first-order valence-electron chi connectivity index (χ1n) is 9.21. The summed E-state index contributed by atoms with van der Waals surface area (Å²) in [7, 11) is 0. The number of ketones is 1. The number of fused-ring (bicyclic) bond motifs is 1. The third kappa shape index (κ3) is 3.58. The smallest absolute Gasteiger partial charge is 0.341 e. The van der Waals surface area contributed by atoms with Gasteiger partial charge in [-0.05, 0) is 26.8 Å². The van der Waals surface area contributed by atoms with Gasteiger partial charge in [0.05, 0.1) is 12.0 Å². The number of allylic oxidation sites excluding steroid dienone is 1. The van der Waals surface area contributed by atoms with Gasteiger partial charge in [-0.2, -0.15) is 0 Å². The van der Waals surface area contributed by atoms with Crippen molar-refractivity contribution >= 4 is 17.7 Å². The van der Waals surface area contributed by atoms with Gasteiger partial charge in [-0.3, -0.25) is 4.79 Å². The molecule has 3 aliphatic rings. The van der Waals surface area contributed by atoms with E-state index in [4.69, 9.17) is 14.2 Å². The minimum absolute atomic E-state index is 0.109. The van der Waals surface area contributed by atoms with Crippen molar-refractivity contribution in [3.8, 4) is 0 Å². The van der Waals surface area contributed by atoms with Crippen molar-refractivity contribution < 1.29 is 33.7 Å². The van der Waals surface area contributed by atoms with Gasteiger partial charge in [0.2, 0.25) is 0 Å². The van der Waals surface area contributed by atoms with E-state index in [1.165, 1.54) is 6.08 Å². The van der Waals surface area contributed by atoms with Crippen LogP contribution in [0.4, 0.5) is 0 Å². The molecule has 0 aromatic rings. The predicted octanol–water partition coefficient (Wildman–Crippen LogP) is 1.48. The second kappa shape index (κ2) is 6.87. The first-order chi connectivity index (χ1) is 12.5. The quantitative estimate of drug-likeness (QED) is 0.441. The minimum atomic E-state index is -1.22. The zero-order chi connectivity index (χ0) is 20.1. The highest BCUT2D eigenvalue weighted by Crippen LogP contribution is 2.40. The molecule has 1 aliphatic carbocycles. The minimum Gasteiger partial charge on any atom is -0.458 e. The Morgan fingerprint density at radius 3 is 2.56 bits per heavy atom. The zero-order valence-electron chi connectivity index (χ0n) is 16.1. The average molecular weight is 378 g/mol. The van der Waals surface area contributed by atoms with Crippen molar-refractivity contribution in [3.63, 3.8) is 0 Å². The SMILES string of the molecule is C=C1C(=O)O[C@@H]2C/C(C)=C\C(=O)C[C@H](C)[C@@H](OC(=O)[C@]3(C)O[C@@H]3C)[C@H](O)[C@@H]12. The molecule has 0 aromatic heterocycles. The lowest BCUT2D eigenvalue weighted by atomic mass is 9.80. The number of aliphatic hydroxyl groups is 1. The van der Waals surface area contributed by atoms with Crippen LogP contribution in [0.15, 0.2) is 23.8 Å². The maximum Gasteiger partial charge on any atom is 0.341 e. The van der Waals surface area contributed by atoms with Crippen molar-refractivity contribution in [2.45, 2.75) is 70.6 Å². The third-order valence-corrected chi connectivity index (χ3v) is 5.83. The highest BCUT2D eigenvalue weighted by atomic mass is 16.7. The van der Waals surface area contributed by atoms with E-state index in [1.807, 2.05) is 0 Å². The monoisotopic (exact) mass is 378 g/mol. The van der Waals surface area contributed by atoms with Crippen LogP contribution >= 0.6 is 0 Å². The van der Waals surface area contributed by atoms with Crippen LogP contribution in [-0.2, 0) is 28.6 Å². The molecule has 0 aromatic carbocycles. The molecule has 7 nitrogen and oxygen atoms in total. The van der Waals surface area contributed by atoms with E-state index < -0.39 is 47.7 Å². The van der Waals surface area contributed by atoms with Crippen LogP contribution in [0.2, 0.25) is 0 Å². The van der Waals surface area contributed by atoms with Crippen molar-refractivity contribution in [2.75, 3.05) is 0 Å². The van der Waals surface area contributed by atoms with Crippen LogP contribution < -0.4 is 0 Å². The van der Waals surface area contributed by atoms with Gasteiger partial charge in [0.15, 0.2) is 11.4 Å². The van der Waals surface area contributed by atoms with E-state index in [-0.39, 0.29) is 23.9 Å². The number of carbonyl (C=O) groups excluding carboxylic acids is 3. The molecule has 2 heterocycles. The van der Waals surface area contributed by atoms with Crippen LogP contribution in [0.5, 0.6) is 0 Å². The molecule has 0 saturated carbocycles. The first-order valence-corrected chi connectivity index (χ1v) is 9.21. The number of carbonyl (C=O) groups is 3. The fourth-order valence-corrected chi connectivity index (χ4v) is 3.90. The molecule has 27 heavy (non-hydrogen) atoms. The van der Waals surface area contributed by atoms with E-state index in [1.54, 1.807) is 27.7 Å². The number of hydrogen-bond acceptors (Lipinski definition) is 7. The Bertz CT molecular complexity index is 724. The maximum absolute atomic E-state index is 12.5. The van der Waals surface area contributed by atoms with E-state index in [0.29, 0.717) is 6.42 Å². The topological polar surface area (TPSA) is 102 Å². The molecule has 2 fully saturated rings. The molecule has 1 N–H and O–H groups in total. The highest BCUT2D eigenvalue weighted by Gasteiger charge is 2.58. The molecule has 148 valence electrons. The molecule has 7 atom stereocenters. The van der Waals surface area contributed by atoms with Gasteiger partial charge in [0, 0.05) is 24.3 Å². The largest absolute Gasteiger partial charge is 0.458 e. The average Bonchev–Trinajstić information content (AvgIpc) is 3.08. The fourth-order valence-electron chi connectivity index (χ4n) is 3.90. The molecular weight excluding hydrogens is 352 g/mol. The van der Waals surface area contributed by atoms with Gasteiger partial charge in [0.1, 0.15) is 18.3 Å². The predicted molar refractivity (Wildman–Crippen MR) is 94.5 cm³/mol. The summed E-state index contributed by atoms with van der Waals surface area (Å²) in [5.74, 6) is -2.46. The first kappa shape index (κ1) is 19.8. The standard InChI is InChI=1S/C20H26O7/c1-9-6-13(21)8-10(2)17(26-19(24)20(5)12(4)27-20)16(22)15-11(3)18(23)25-14(15)7-9/h6,10,12,14-17,22H,3,7-8H2,1-2,4-5H3/b9-6-/t10-,12+,14+,15-,16+,17+,20+/m0/s1. The number of hydrogen-bond donors (Lipinski definition) is 1. The number of aliphatic hydroxyl groups excluding tert-OH is 1. The summed E-state index contributed by atoms with van der Waals surface area (Å²) in [6.45, 7) is 10.7. The van der Waals surface area contributed by atoms with Gasteiger partial charge in [-0.25, -0.2) is 9.59 Å². The van der Waals surface area contributed by atoms with Crippen molar-refractivity contribution in [3.05, 3.63) is 23.8 Å². The molecular formula is C20H26O7. The van der Waals surface area contributed by atoms with E-state index in [2.05, 4.69) is 6.58 Å². The molecule has 0 unspecified atom stereocenters. The zero-order valence-corrected chi connectivity index (χ0v) is 16.1. The summed E-state index contributed by atoms with van der Waals surface area (Å²) in [4.78, 5) is 36.9. The van der Waals surface area contributed by atoms with Crippen LogP contribution in [-0.4, -0.2) is 52.8 Å². The van der Waals surface area contributed by atoms with E-state index in [0.717, 1.165) is 5.57 Å². The molecule has 3 rings (SSSR count). The van der Waals surface area contributed by atoms with Gasteiger partial charge >= 0.3 is 11.9 Å². The normalized spacial score (nSPS) is 44.0.